The van der Waals surface area contributed by atoms with E-state index in [9.17, 15) is 4.79 Å². The van der Waals surface area contributed by atoms with E-state index < -0.39 is 0 Å². The van der Waals surface area contributed by atoms with E-state index in [-0.39, 0.29) is 11.4 Å². The minimum atomic E-state index is -0.243. The van der Waals surface area contributed by atoms with Crippen molar-refractivity contribution in [1.82, 2.24) is 15.2 Å². The van der Waals surface area contributed by atoms with Gasteiger partial charge in [0.15, 0.2) is 0 Å². The topological polar surface area (TPSA) is 45.2 Å². The zero-order chi connectivity index (χ0) is 13.2. The average Bonchev–Trinajstić information content (AvgIpc) is 2.99. The van der Waals surface area contributed by atoms with Gasteiger partial charge in [0.05, 0.1) is 12.1 Å². The van der Waals surface area contributed by atoms with E-state index in [1.807, 2.05) is 17.2 Å². The second-order valence-electron chi connectivity index (χ2n) is 5.23. The quantitative estimate of drug-likeness (QED) is 0.857. The number of carbonyl (C=O) groups is 1. The maximum Gasteiger partial charge on any atom is 0.236 e. The van der Waals surface area contributed by atoms with Crippen molar-refractivity contribution in [3.05, 3.63) is 16.6 Å². The number of nitrogens with zero attached hydrogens (tertiary/aromatic N) is 2. The lowest BCUT2D eigenvalue weighted by Gasteiger charge is -2.26. The summed E-state index contributed by atoms with van der Waals surface area (Å²) in [5.74, 6) is 0.199. The molecular formula is C13H21N3OS. The maximum atomic E-state index is 12.1. The molecule has 1 amide bonds. The minimum absolute atomic E-state index is 0.199. The van der Waals surface area contributed by atoms with Gasteiger partial charge >= 0.3 is 0 Å². The van der Waals surface area contributed by atoms with Crippen LogP contribution in [0.5, 0.6) is 0 Å². The maximum absolute atomic E-state index is 12.1. The van der Waals surface area contributed by atoms with Crippen molar-refractivity contribution < 1.29 is 4.79 Å². The van der Waals surface area contributed by atoms with E-state index >= 15 is 0 Å². The highest BCUT2D eigenvalue weighted by Crippen LogP contribution is 2.27. The van der Waals surface area contributed by atoms with Gasteiger partial charge in [-0.1, -0.05) is 0 Å². The SMILES string of the molecule is CCN(C(=O)CNC(C)(C)c1nccs1)C1CC1. The molecule has 18 heavy (non-hydrogen) atoms. The predicted molar refractivity (Wildman–Crippen MR) is 73.6 cm³/mol. The van der Waals surface area contributed by atoms with Crippen LogP contribution < -0.4 is 5.32 Å². The molecule has 0 aromatic carbocycles. The number of amides is 1. The normalized spacial score (nSPS) is 15.7. The first-order valence-corrected chi connectivity index (χ1v) is 7.37. The zero-order valence-electron chi connectivity index (χ0n) is 11.3. The number of nitrogens with one attached hydrogen (secondary N) is 1. The van der Waals surface area contributed by atoms with Gasteiger partial charge in [-0.25, -0.2) is 4.98 Å². The summed E-state index contributed by atoms with van der Waals surface area (Å²) in [7, 11) is 0. The van der Waals surface area contributed by atoms with Crippen LogP contribution in [-0.4, -0.2) is 34.9 Å². The Kier molecular flexibility index (Phi) is 4.02. The van der Waals surface area contributed by atoms with Gasteiger partial charge in [-0.3, -0.25) is 10.1 Å². The summed E-state index contributed by atoms with van der Waals surface area (Å²) < 4.78 is 0. The molecule has 0 atom stereocenters. The van der Waals surface area contributed by atoms with E-state index in [0.717, 1.165) is 24.4 Å². The molecule has 1 heterocycles. The van der Waals surface area contributed by atoms with Crippen molar-refractivity contribution in [3.63, 3.8) is 0 Å². The Morgan fingerprint density at radius 1 is 1.61 bits per heavy atom. The number of aromatic nitrogens is 1. The Hall–Kier alpha value is -0.940. The van der Waals surface area contributed by atoms with Crippen LogP contribution >= 0.6 is 11.3 Å². The molecule has 4 nitrogen and oxygen atoms in total. The lowest BCUT2D eigenvalue weighted by atomic mass is 10.1. The third-order valence-corrected chi connectivity index (χ3v) is 4.39. The van der Waals surface area contributed by atoms with Gasteiger partial charge in [0.2, 0.25) is 5.91 Å². The van der Waals surface area contributed by atoms with Gasteiger partial charge < -0.3 is 4.90 Å². The van der Waals surface area contributed by atoms with Crippen molar-refractivity contribution in [1.29, 1.82) is 0 Å². The molecule has 5 heteroatoms. The van der Waals surface area contributed by atoms with Crippen LogP contribution in [0.15, 0.2) is 11.6 Å². The number of likely N-dealkylation sites (N-methyl/N-ethyl adjacent to an activating group) is 1. The zero-order valence-corrected chi connectivity index (χ0v) is 12.1. The first kappa shape index (κ1) is 13.5. The van der Waals surface area contributed by atoms with E-state index in [0.29, 0.717) is 12.6 Å². The smallest absolute Gasteiger partial charge is 0.236 e. The monoisotopic (exact) mass is 267 g/mol. The summed E-state index contributed by atoms with van der Waals surface area (Å²) in [6.07, 6.45) is 4.12. The fourth-order valence-corrected chi connectivity index (χ4v) is 2.77. The molecular weight excluding hydrogens is 246 g/mol. The van der Waals surface area contributed by atoms with Crippen LogP contribution in [0.2, 0.25) is 0 Å². The van der Waals surface area contributed by atoms with E-state index in [1.54, 1.807) is 17.5 Å². The van der Waals surface area contributed by atoms with Crippen molar-refractivity contribution in [2.24, 2.45) is 0 Å². The minimum Gasteiger partial charge on any atom is -0.339 e. The highest BCUT2D eigenvalue weighted by molar-refractivity contribution is 7.09. The summed E-state index contributed by atoms with van der Waals surface area (Å²) in [6.45, 7) is 7.36. The highest BCUT2D eigenvalue weighted by atomic mass is 32.1. The van der Waals surface area contributed by atoms with Gasteiger partial charge in [-0.05, 0) is 33.6 Å². The second kappa shape index (κ2) is 5.36. The molecule has 1 saturated carbocycles. The molecule has 0 bridgehead atoms. The van der Waals surface area contributed by atoms with Crippen LogP contribution in [0.1, 0.15) is 38.6 Å². The summed E-state index contributed by atoms with van der Waals surface area (Å²) >= 11 is 1.62. The molecule has 0 radical (unpaired) electrons. The molecule has 1 fully saturated rings. The number of hydrogen-bond donors (Lipinski definition) is 1. The molecule has 1 aromatic rings. The van der Waals surface area contributed by atoms with Crippen LogP contribution in [0.25, 0.3) is 0 Å². The molecule has 100 valence electrons. The van der Waals surface area contributed by atoms with Crippen LogP contribution in [-0.2, 0) is 10.3 Å². The molecule has 2 rings (SSSR count). The fraction of sp³-hybridized carbons (Fsp3) is 0.692. The first-order valence-electron chi connectivity index (χ1n) is 6.49. The molecule has 0 aliphatic heterocycles. The second-order valence-corrected chi connectivity index (χ2v) is 6.12. The van der Waals surface area contributed by atoms with Crippen molar-refractivity contribution in [2.45, 2.75) is 45.2 Å². The molecule has 1 N–H and O–H groups in total. The molecule has 1 aliphatic rings. The molecule has 0 unspecified atom stereocenters. The number of hydrogen-bond acceptors (Lipinski definition) is 4. The number of thiazole rings is 1. The van der Waals surface area contributed by atoms with Gasteiger partial charge in [-0.15, -0.1) is 11.3 Å². The van der Waals surface area contributed by atoms with Gasteiger partial charge in [0.1, 0.15) is 5.01 Å². The summed E-state index contributed by atoms with van der Waals surface area (Å²) in [6, 6.07) is 0.493. The Bertz CT molecular complexity index is 398. The number of carbonyl (C=O) groups excluding carboxylic acids is 1. The van der Waals surface area contributed by atoms with Gasteiger partial charge in [0, 0.05) is 24.2 Å². The predicted octanol–water partition coefficient (Wildman–Crippen LogP) is 1.98. The van der Waals surface area contributed by atoms with Crippen molar-refractivity contribution in [2.75, 3.05) is 13.1 Å². The number of rotatable bonds is 6. The Balaban J connectivity index is 1.88. The molecule has 0 spiro atoms. The molecule has 1 aromatic heterocycles. The first-order chi connectivity index (χ1) is 8.54. The van der Waals surface area contributed by atoms with Crippen molar-refractivity contribution in [3.8, 4) is 0 Å². The van der Waals surface area contributed by atoms with Crippen LogP contribution in [0, 0.1) is 0 Å². The largest absolute Gasteiger partial charge is 0.339 e. The summed E-state index contributed by atoms with van der Waals surface area (Å²) in [5, 5.41) is 6.30. The Morgan fingerprint density at radius 2 is 2.33 bits per heavy atom. The lowest BCUT2D eigenvalue weighted by Crippen LogP contribution is -2.45. The summed E-state index contributed by atoms with van der Waals surface area (Å²) in [5.41, 5.74) is -0.243. The molecule has 0 saturated heterocycles. The van der Waals surface area contributed by atoms with E-state index in [1.165, 1.54) is 0 Å². The average molecular weight is 267 g/mol. The van der Waals surface area contributed by atoms with E-state index in [4.69, 9.17) is 0 Å². The highest BCUT2D eigenvalue weighted by Gasteiger charge is 2.32. The van der Waals surface area contributed by atoms with Crippen molar-refractivity contribution >= 4 is 17.2 Å². The van der Waals surface area contributed by atoms with Crippen LogP contribution in [0.4, 0.5) is 0 Å². The third kappa shape index (κ3) is 3.09. The van der Waals surface area contributed by atoms with Crippen LogP contribution in [0.3, 0.4) is 0 Å². The Labute approximate surface area is 112 Å². The fourth-order valence-electron chi connectivity index (χ4n) is 2.03. The molecule has 1 aliphatic carbocycles. The van der Waals surface area contributed by atoms with Gasteiger partial charge in [0.25, 0.3) is 0 Å². The van der Waals surface area contributed by atoms with E-state index in [2.05, 4.69) is 24.1 Å². The lowest BCUT2D eigenvalue weighted by molar-refractivity contribution is -0.130. The standard InChI is InChI=1S/C13H21N3OS/c1-4-16(10-5-6-10)11(17)9-15-13(2,3)12-14-7-8-18-12/h7-8,10,15H,4-6,9H2,1-3H3. The van der Waals surface area contributed by atoms with Gasteiger partial charge in [-0.2, -0.15) is 0 Å². The Morgan fingerprint density at radius 3 is 2.83 bits per heavy atom. The summed E-state index contributed by atoms with van der Waals surface area (Å²) in [4.78, 5) is 18.4. The third-order valence-electron chi connectivity index (χ3n) is 3.30.